The lowest BCUT2D eigenvalue weighted by Crippen LogP contribution is -1.85. The summed E-state index contributed by atoms with van der Waals surface area (Å²) in [7, 11) is 0. The van der Waals surface area contributed by atoms with Crippen LogP contribution in [0.4, 0.5) is 10.2 Å². The Morgan fingerprint density at radius 1 is 1.70 bits per heavy atom. The summed E-state index contributed by atoms with van der Waals surface area (Å²) in [5, 5.41) is -0.0381. The van der Waals surface area contributed by atoms with E-state index >= 15 is 0 Å². The molecule has 0 radical (unpaired) electrons. The predicted octanol–water partition coefficient (Wildman–Crippen LogP) is 1.60. The highest BCUT2D eigenvalue weighted by molar-refractivity contribution is 6.28. The molecule has 0 saturated carbocycles. The Balaban J connectivity index is 3.21. The van der Waals surface area contributed by atoms with E-state index in [2.05, 4.69) is 21.7 Å². The van der Waals surface area contributed by atoms with Crippen molar-refractivity contribution < 1.29 is 4.39 Å². The summed E-state index contributed by atoms with van der Waals surface area (Å²) in [5.41, 5.74) is 0. The molecular weight excluding hydrogens is 157 g/mol. The number of nitrogens with zero attached hydrogens (tertiary/aromatic N) is 3. The minimum atomic E-state index is -0.626. The summed E-state index contributed by atoms with van der Waals surface area (Å²) in [4.78, 5) is 10.1. The van der Waals surface area contributed by atoms with Gasteiger partial charge in [0.25, 0.3) is 0 Å². The largest absolute Gasteiger partial charge is 0.242 e. The van der Waals surface area contributed by atoms with E-state index in [1.807, 2.05) is 0 Å². The van der Waals surface area contributed by atoms with Crippen LogP contribution < -0.4 is 0 Å². The Morgan fingerprint density at radius 2 is 2.40 bits per heavy atom. The van der Waals surface area contributed by atoms with Gasteiger partial charge in [-0.3, -0.25) is 0 Å². The van der Waals surface area contributed by atoms with Gasteiger partial charge in [-0.15, -0.1) is 0 Å². The van der Waals surface area contributed by atoms with Crippen molar-refractivity contribution in [1.82, 2.24) is 9.97 Å². The van der Waals surface area contributed by atoms with Gasteiger partial charge in [0.2, 0.25) is 5.28 Å². The topological polar surface area (TPSA) is 38.1 Å². The molecule has 0 aromatic carbocycles. The molecule has 1 aromatic rings. The van der Waals surface area contributed by atoms with Gasteiger partial charge in [-0.05, 0) is 18.3 Å². The lowest BCUT2D eigenvalue weighted by atomic mass is 10.6. The summed E-state index contributed by atoms with van der Waals surface area (Å²) in [5.74, 6) is -0.751. The molecule has 0 amide bonds. The number of aromatic nitrogens is 2. The van der Waals surface area contributed by atoms with Gasteiger partial charge in [0.15, 0.2) is 11.6 Å². The lowest BCUT2D eigenvalue weighted by Gasteiger charge is -1.92. The molecule has 0 aliphatic rings. The molecule has 1 aromatic heterocycles. The van der Waals surface area contributed by atoms with Crippen LogP contribution in [-0.4, -0.2) is 16.7 Å². The van der Waals surface area contributed by atoms with Gasteiger partial charge in [-0.2, -0.15) is 4.98 Å². The van der Waals surface area contributed by atoms with Gasteiger partial charge in [0.1, 0.15) is 0 Å². The van der Waals surface area contributed by atoms with Crippen LogP contribution >= 0.6 is 11.6 Å². The molecule has 0 fully saturated rings. The second kappa shape index (κ2) is 2.70. The van der Waals surface area contributed by atoms with E-state index < -0.39 is 5.82 Å². The molecule has 3 nitrogen and oxygen atoms in total. The van der Waals surface area contributed by atoms with Crippen LogP contribution in [0.2, 0.25) is 5.28 Å². The number of aliphatic imine (C=N–C) groups is 1. The summed E-state index contributed by atoms with van der Waals surface area (Å²) in [6.07, 6.45) is 0.944. The first kappa shape index (κ1) is 7.08. The lowest BCUT2D eigenvalue weighted by molar-refractivity contribution is 0.616. The van der Waals surface area contributed by atoms with Crippen molar-refractivity contribution in [3.8, 4) is 0 Å². The second-order valence-corrected chi connectivity index (χ2v) is 1.81. The van der Waals surface area contributed by atoms with Gasteiger partial charge in [0.05, 0.1) is 6.20 Å². The Morgan fingerprint density at radius 3 is 2.90 bits per heavy atom. The summed E-state index contributed by atoms with van der Waals surface area (Å²) < 4.78 is 12.5. The molecule has 0 bridgehead atoms. The highest BCUT2D eigenvalue weighted by Crippen LogP contribution is 2.13. The van der Waals surface area contributed by atoms with Crippen LogP contribution in [-0.2, 0) is 0 Å². The number of hydrogen-bond acceptors (Lipinski definition) is 3. The van der Waals surface area contributed by atoms with E-state index in [9.17, 15) is 4.39 Å². The molecule has 0 unspecified atom stereocenters. The van der Waals surface area contributed by atoms with Crippen molar-refractivity contribution in [2.75, 3.05) is 0 Å². The molecular formula is C5H3ClFN3. The minimum Gasteiger partial charge on any atom is -0.242 e. The van der Waals surface area contributed by atoms with E-state index in [0.717, 1.165) is 6.20 Å². The fourth-order valence-corrected chi connectivity index (χ4v) is 0.577. The minimum absolute atomic E-state index is 0.0381. The monoisotopic (exact) mass is 159 g/mol. The molecule has 0 aliphatic carbocycles. The van der Waals surface area contributed by atoms with Crippen LogP contribution in [0.5, 0.6) is 0 Å². The number of rotatable bonds is 1. The highest BCUT2D eigenvalue weighted by atomic mass is 35.5. The maximum absolute atomic E-state index is 12.5. The van der Waals surface area contributed by atoms with Crippen molar-refractivity contribution >= 4 is 24.1 Å². The molecule has 52 valence electrons. The second-order valence-electron chi connectivity index (χ2n) is 1.47. The van der Waals surface area contributed by atoms with Gasteiger partial charge >= 0.3 is 0 Å². The maximum Gasteiger partial charge on any atom is 0.224 e. The summed E-state index contributed by atoms with van der Waals surface area (Å²) in [6.45, 7) is 3.09. The zero-order chi connectivity index (χ0) is 7.56. The van der Waals surface area contributed by atoms with Crippen LogP contribution in [0.1, 0.15) is 0 Å². The molecule has 1 rings (SSSR count). The predicted molar refractivity (Wildman–Crippen MR) is 36.2 cm³/mol. The zero-order valence-electron chi connectivity index (χ0n) is 4.88. The Hall–Kier alpha value is -1.03. The smallest absolute Gasteiger partial charge is 0.224 e. The SMILES string of the molecule is C=Nc1nc(Cl)ncc1F. The van der Waals surface area contributed by atoms with Crippen LogP contribution in [0.3, 0.4) is 0 Å². The average molecular weight is 160 g/mol. The van der Waals surface area contributed by atoms with E-state index in [0.29, 0.717) is 0 Å². The van der Waals surface area contributed by atoms with E-state index in [4.69, 9.17) is 11.6 Å². The Kier molecular flexibility index (Phi) is 1.91. The average Bonchev–Trinajstić information content (AvgIpc) is 1.94. The standard InChI is InChI=1S/C5H3ClFN3/c1-8-4-3(7)2-9-5(6)10-4/h2H,1H2. The van der Waals surface area contributed by atoms with E-state index in [-0.39, 0.29) is 11.1 Å². The van der Waals surface area contributed by atoms with Crippen molar-refractivity contribution in [1.29, 1.82) is 0 Å². The molecule has 0 saturated heterocycles. The highest BCUT2D eigenvalue weighted by Gasteiger charge is 2.01. The third-order valence-electron chi connectivity index (χ3n) is 0.846. The first-order valence-corrected chi connectivity index (χ1v) is 2.76. The van der Waals surface area contributed by atoms with E-state index in [1.54, 1.807) is 0 Å². The summed E-state index contributed by atoms with van der Waals surface area (Å²) in [6, 6.07) is 0. The first-order valence-electron chi connectivity index (χ1n) is 2.39. The molecule has 0 N–H and O–H groups in total. The van der Waals surface area contributed by atoms with Gasteiger partial charge < -0.3 is 0 Å². The van der Waals surface area contributed by atoms with Gasteiger partial charge in [0, 0.05) is 0 Å². The zero-order valence-corrected chi connectivity index (χ0v) is 5.64. The van der Waals surface area contributed by atoms with Crippen molar-refractivity contribution in [3.05, 3.63) is 17.3 Å². The van der Waals surface area contributed by atoms with Crippen molar-refractivity contribution in [3.63, 3.8) is 0 Å². The molecule has 0 aliphatic heterocycles. The molecule has 0 spiro atoms. The van der Waals surface area contributed by atoms with Crippen LogP contribution in [0.25, 0.3) is 0 Å². The normalized spacial score (nSPS) is 9.40. The number of halogens is 2. The Labute approximate surface area is 61.6 Å². The van der Waals surface area contributed by atoms with E-state index in [1.165, 1.54) is 0 Å². The van der Waals surface area contributed by atoms with Gasteiger partial charge in [-0.25, -0.2) is 14.4 Å². The van der Waals surface area contributed by atoms with Crippen LogP contribution in [0.15, 0.2) is 11.2 Å². The van der Waals surface area contributed by atoms with Crippen molar-refractivity contribution in [2.24, 2.45) is 4.99 Å². The quantitative estimate of drug-likeness (QED) is 0.461. The molecule has 1 heterocycles. The fraction of sp³-hybridized carbons (Fsp3) is 0. The fourth-order valence-electron chi connectivity index (χ4n) is 0.448. The molecule has 10 heavy (non-hydrogen) atoms. The number of hydrogen-bond donors (Lipinski definition) is 0. The molecule has 5 heteroatoms. The third kappa shape index (κ3) is 1.27. The van der Waals surface area contributed by atoms with Crippen molar-refractivity contribution in [2.45, 2.75) is 0 Å². The molecule has 0 atom stereocenters. The van der Waals surface area contributed by atoms with Gasteiger partial charge in [-0.1, -0.05) is 0 Å². The third-order valence-corrected chi connectivity index (χ3v) is 1.03. The maximum atomic E-state index is 12.5. The first-order chi connectivity index (χ1) is 4.74. The van der Waals surface area contributed by atoms with Crippen LogP contribution in [0, 0.1) is 5.82 Å². The Bertz CT molecular complexity index is 263. The summed E-state index contributed by atoms with van der Waals surface area (Å²) >= 11 is 5.32.